The highest BCUT2D eigenvalue weighted by atomic mass is 19.1. The van der Waals surface area contributed by atoms with Crippen molar-refractivity contribution in [1.29, 1.82) is 0 Å². The molecule has 2 aromatic rings. The fourth-order valence-corrected chi connectivity index (χ4v) is 1.41. The first kappa shape index (κ1) is 11.2. The fourth-order valence-electron chi connectivity index (χ4n) is 1.41. The zero-order valence-corrected chi connectivity index (χ0v) is 8.84. The van der Waals surface area contributed by atoms with Crippen molar-refractivity contribution in [1.82, 2.24) is 9.55 Å². The van der Waals surface area contributed by atoms with Crippen LogP contribution in [0.4, 0.5) is 4.39 Å². The molecule has 86 valence electrons. The molecule has 0 amide bonds. The lowest BCUT2D eigenvalue weighted by atomic mass is 10.1. The second-order valence-corrected chi connectivity index (χ2v) is 3.47. The van der Waals surface area contributed by atoms with E-state index in [0.717, 1.165) is 17.0 Å². The average Bonchev–Trinajstić information content (AvgIpc) is 2.35. The van der Waals surface area contributed by atoms with Gasteiger partial charge in [-0.15, -0.1) is 0 Å². The lowest BCUT2D eigenvalue weighted by Gasteiger charge is -2.03. The number of benzene rings is 1. The first-order valence-corrected chi connectivity index (χ1v) is 4.97. The summed E-state index contributed by atoms with van der Waals surface area (Å²) in [6, 6.07) is 8.51. The maximum atomic E-state index is 12.9. The van der Waals surface area contributed by atoms with Gasteiger partial charge in [0, 0.05) is 11.8 Å². The monoisotopic (exact) mass is 232 g/mol. The highest BCUT2D eigenvalue weighted by molar-refractivity contribution is 5.95. The molecule has 0 aliphatic carbocycles. The van der Waals surface area contributed by atoms with Crippen LogP contribution < -0.4 is 5.69 Å². The molecule has 0 bridgehead atoms. The molecule has 5 heteroatoms. The first-order chi connectivity index (χ1) is 8.16. The average molecular weight is 232 g/mol. The zero-order valence-electron chi connectivity index (χ0n) is 8.84. The van der Waals surface area contributed by atoms with E-state index < -0.39 is 11.5 Å². The Labute approximate surface area is 96.4 Å². The molecular weight excluding hydrogens is 223 g/mol. The molecule has 4 nitrogen and oxygen atoms in total. The second kappa shape index (κ2) is 4.69. The number of hydrogen-bond donors (Lipinski definition) is 0. The highest BCUT2D eigenvalue weighted by Gasteiger charge is 2.08. The van der Waals surface area contributed by atoms with E-state index in [4.69, 9.17) is 0 Å². The number of aromatic nitrogens is 2. The van der Waals surface area contributed by atoms with Crippen molar-refractivity contribution in [2.24, 2.45) is 0 Å². The van der Waals surface area contributed by atoms with Gasteiger partial charge in [0.15, 0.2) is 11.6 Å². The Morgan fingerprint density at radius 3 is 2.71 bits per heavy atom. The third-order valence-corrected chi connectivity index (χ3v) is 2.23. The van der Waals surface area contributed by atoms with Gasteiger partial charge in [-0.25, -0.2) is 9.18 Å². The van der Waals surface area contributed by atoms with E-state index in [1.54, 1.807) is 30.3 Å². The summed E-state index contributed by atoms with van der Waals surface area (Å²) in [5.74, 6) is -0.912. The molecule has 0 aliphatic rings. The Bertz CT molecular complexity index is 593. The number of halogens is 1. The summed E-state index contributed by atoms with van der Waals surface area (Å²) >= 11 is 0. The summed E-state index contributed by atoms with van der Waals surface area (Å²) in [6.07, 6.45) is 1.79. The predicted molar refractivity (Wildman–Crippen MR) is 59.2 cm³/mol. The Hall–Kier alpha value is -2.30. The number of hydrogen-bond acceptors (Lipinski definition) is 3. The molecule has 0 saturated heterocycles. The van der Waals surface area contributed by atoms with Gasteiger partial charge >= 0.3 is 5.69 Å². The molecule has 1 heterocycles. The van der Waals surface area contributed by atoms with E-state index in [9.17, 15) is 14.0 Å². The van der Waals surface area contributed by atoms with Gasteiger partial charge in [0.05, 0.1) is 12.7 Å². The minimum atomic E-state index is -0.648. The Morgan fingerprint density at radius 2 is 2.00 bits per heavy atom. The Kier molecular flexibility index (Phi) is 3.09. The van der Waals surface area contributed by atoms with Crippen molar-refractivity contribution in [2.45, 2.75) is 6.54 Å². The van der Waals surface area contributed by atoms with Crippen LogP contribution in [0.2, 0.25) is 0 Å². The predicted octanol–water partition coefficient (Wildman–Crippen LogP) is 1.27. The van der Waals surface area contributed by atoms with Crippen molar-refractivity contribution < 1.29 is 9.18 Å². The normalized spacial score (nSPS) is 10.2. The van der Waals surface area contributed by atoms with Crippen molar-refractivity contribution >= 4 is 5.78 Å². The Balaban J connectivity index is 2.25. The molecule has 0 aliphatic heterocycles. The summed E-state index contributed by atoms with van der Waals surface area (Å²) < 4.78 is 13.8. The molecule has 0 saturated carbocycles. The van der Waals surface area contributed by atoms with E-state index in [0.29, 0.717) is 5.56 Å². The standard InChI is InChI=1S/C12H9FN2O2/c13-10-6-14-12(17)15(7-10)8-11(16)9-4-2-1-3-5-9/h1-7H,8H2. The van der Waals surface area contributed by atoms with Crippen LogP contribution in [-0.4, -0.2) is 15.3 Å². The number of Topliss-reactive ketones (excluding diaryl/α,β-unsaturated/α-hetero) is 1. The van der Waals surface area contributed by atoms with Gasteiger partial charge < -0.3 is 0 Å². The summed E-state index contributed by atoms with van der Waals surface area (Å²) in [5, 5.41) is 0. The third kappa shape index (κ3) is 2.63. The maximum absolute atomic E-state index is 12.9. The van der Waals surface area contributed by atoms with Crippen LogP contribution in [0.25, 0.3) is 0 Å². The van der Waals surface area contributed by atoms with Crippen LogP contribution in [0, 0.1) is 5.82 Å². The molecule has 1 aromatic heterocycles. The molecule has 0 fully saturated rings. The molecule has 0 atom stereocenters. The van der Waals surface area contributed by atoms with Gasteiger partial charge in [0.2, 0.25) is 0 Å². The van der Waals surface area contributed by atoms with Crippen LogP contribution in [0.1, 0.15) is 10.4 Å². The minimum Gasteiger partial charge on any atom is -0.292 e. The molecule has 0 N–H and O–H groups in total. The smallest absolute Gasteiger partial charge is 0.292 e. The fraction of sp³-hybridized carbons (Fsp3) is 0.0833. The van der Waals surface area contributed by atoms with E-state index in [1.165, 1.54) is 0 Å². The summed E-state index contributed by atoms with van der Waals surface area (Å²) in [7, 11) is 0. The van der Waals surface area contributed by atoms with Crippen LogP contribution in [0.3, 0.4) is 0 Å². The molecule has 0 unspecified atom stereocenters. The van der Waals surface area contributed by atoms with Gasteiger partial charge in [-0.05, 0) is 0 Å². The molecule has 0 spiro atoms. The molecular formula is C12H9FN2O2. The van der Waals surface area contributed by atoms with Gasteiger partial charge in [-0.1, -0.05) is 30.3 Å². The van der Waals surface area contributed by atoms with Crippen LogP contribution in [0.15, 0.2) is 47.5 Å². The molecule has 2 rings (SSSR count). The maximum Gasteiger partial charge on any atom is 0.348 e. The van der Waals surface area contributed by atoms with Gasteiger partial charge in [-0.3, -0.25) is 9.36 Å². The van der Waals surface area contributed by atoms with Crippen LogP contribution >= 0.6 is 0 Å². The van der Waals surface area contributed by atoms with Crippen molar-refractivity contribution in [3.63, 3.8) is 0 Å². The van der Waals surface area contributed by atoms with E-state index in [-0.39, 0.29) is 12.3 Å². The minimum absolute atomic E-state index is 0.215. The number of carbonyl (C=O) groups is 1. The van der Waals surface area contributed by atoms with Gasteiger partial charge in [0.1, 0.15) is 0 Å². The van der Waals surface area contributed by atoms with Crippen LogP contribution in [0.5, 0.6) is 0 Å². The number of carbonyl (C=O) groups excluding carboxylic acids is 1. The van der Waals surface area contributed by atoms with Gasteiger partial charge in [0.25, 0.3) is 0 Å². The lowest BCUT2D eigenvalue weighted by Crippen LogP contribution is -2.26. The SMILES string of the molecule is O=C(Cn1cc(F)cnc1=O)c1ccccc1. The van der Waals surface area contributed by atoms with E-state index >= 15 is 0 Å². The zero-order chi connectivity index (χ0) is 12.3. The Morgan fingerprint density at radius 1 is 1.29 bits per heavy atom. The topological polar surface area (TPSA) is 52.0 Å². The summed E-state index contributed by atoms with van der Waals surface area (Å²) in [4.78, 5) is 26.3. The first-order valence-electron chi connectivity index (χ1n) is 4.97. The van der Waals surface area contributed by atoms with Crippen molar-refractivity contribution in [3.05, 3.63) is 64.6 Å². The largest absolute Gasteiger partial charge is 0.348 e. The third-order valence-electron chi connectivity index (χ3n) is 2.23. The van der Waals surface area contributed by atoms with Crippen molar-refractivity contribution in [2.75, 3.05) is 0 Å². The molecule has 17 heavy (non-hydrogen) atoms. The van der Waals surface area contributed by atoms with E-state index in [1.807, 2.05) is 0 Å². The van der Waals surface area contributed by atoms with E-state index in [2.05, 4.69) is 4.98 Å². The molecule has 0 radical (unpaired) electrons. The quantitative estimate of drug-likeness (QED) is 0.749. The van der Waals surface area contributed by atoms with Crippen molar-refractivity contribution in [3.8, 4) is 0 Å². The highest BCUT2D eigenvalue weighted by Crippen LogP contribution is 2.01. The van der Waals surface area contributed by atoms with Crippen LogP contribution in [-0.2, 0) is 6.54 Å². The number of ketones is 1. The lowest BCUT2D eigenvalue weighted by molar-refractivity contribution is 0.0970. The van der Waals surface area contributed by atoms with Gasteiger partial charge in [-0.2, -0.15) is 4.98 Å². The number of rotatable bonds is 3. The summed E-state index contributed by atoms with van der Waals surface area (Å²) in [5.41, 5.74) is -0.167. The number of nitrogens with zero attached hydrogens (tertiary/aromatic N) is 2. The summed E-state index contributed by atoms with van der Waals surface area (Å²) in [6.45, 7) is -0.215. The molecule has 1 aromatic carbocycles. The second-order valence-electron chi connectivity index (χ2n) is 3.47.